The van der Waals surface area contributed by atoms with Crippen LogP contribution < -0.4 is 0 Å². The van der Waals surface area contributed by atoms with E-state index in [4.69, 9.17) is 0 Å². The van der Waals surface area contributed by atoms with Crippen molar-refractivity contribution in [1.82, 2.24) is 0 Å². The zero-order valence-electron chi connectivity index (χ0n) is 32.3. The molecule has 274 valence electrons. The van der Waals surface area contributed by atoms with Crippen molar-refractivity contribution in [1.29, 1.82) is 0 Å². The molecule has 4 aromatic carbocycles. The summed E-state index contributed by atoms with van der Waals surface area (Å²) in [6.45, 7) is 14.2. The van der Waals surface area contributed by atoms with Crippen molar-refractivity contribution in [3.05, 3.63) is 144 Å². The van der Waals surface area contributed by atoms with Gasteiger partial charge in [0.25, 0.3) is 0 Å². The van der Waals surface area contributed by atoms with E-state index in [1.54, 1.807) is 6.92 Å². The Morgan fingerprint density at radius 1 is 0.412 bits per heavy atom. The summed E-state index contributed by atoms with van der Waals surface area (Å²) in [5.74, 6) is 1.60. The van der Waals surface area contributed by atoms with Crippen molar-refractivity contribution in [3.63, 3.8) is 0 Å². The van der Waals surface area contributed by atoms with E-state index in [9.17, 15) is 19.2 Å². The van der Waals surface area contributed by atoms with Crippen molar-refractivity contribution < 1.29 is 19.2 Å². The number of rotatable bonds is 16. The Morgan fingerprint density at radius 2 is 0.706 bits per heavy atom. The molecule has 4 nitrogen and oxygen atoms in total. The van der Waals surface area contributed by atoms with Crippen molar-refractivity contribution in [2.75, 3.05) is 0 Å². The van der Waals surface area contributed by atoms with Crippen LogP contribution in [0.25, 0.3) is 0 Å². The Bertz CT molecular complexity index is 1490. The second-order valence-corrected chi connectivity index (χ2v) is 13.0. The van der Waals surface area contributed by atoms with Crippen LogP contribution in [0.1, 0.15) is 148 Å². The molecule has 0 aromatic heterocycles. The average molecular weight is 691 g/mol. The van der Waals surface area contributed by atoms with Crippen LogP contribution in [0, 0.1) is 17.8 Å². The van der Waals surface area contributed by atoms with E-state index in [0.717, 1.165) is 80.0 Å². The van der Waals surface area contributed by atoms with Gasteiger partial charge in [0.2, 0.25) is 0 Å². The van der Waals surface area contributed by atoms with Gasteiger partial charge in [-0.1, -0.05) is 189 Å². The first-order chi connectivity index (χ1) is 24.6. The van der Waals surface area contributed by atoms with Gasteiger partial charge in [0.1, 0.15) is 0 Å². The lowest BCUT2D eigenvalue weighted by Crippen LogP contribution is -2.14. The summed E-state index contributed by atoms with van der Waals surface area (Å²) >= 11 is 0. The molecule has 0 amide bonds. The molecule has 0 aliphatic heterocycles. The molecule has 4 aromatic rings. The molecule has 0 heterocycles. The molecule has 2 atom stereocenters. The van der Waals surface area contributed by atoms with Gasteiger partial charge in [-0.25, -0.2) is 0 Å². The van der Waals surface area contributed by atoms with Crippen LogP contribution in [0.15, 0.2) is 121 Å². The van der Waals surface area contributed by atoms with Gasteiger partial charge in [0, 0.05) is 40.0 Å². The van der Waals surface area contributed by atoms with Gasteiger partial charge in [-0.3, -0.25) is 19.2 Å². The minimum Gasteiger partial charge on any atom is -0.295 e. The molecule has 0 radical (unpaired) electrons. The van der Waals surface area contributed by atoms with Gasteiger partial charge in [0.05, 0.1) is 0 Å². The van der Waals surface area contributed by atoms with E-state index in [1.165, 1.54) is 0 Å². The maximum absolute atomic E-state index is 12.1. The molecule has 0 saturated heterocycles. The number of hydrogen-bond donors (Lipinski definition) is 0. The van der Waals surface area contributed by atoms with Crippen LogP contribution in [0.4, 0.5) is 0 Å². The van der Waals surface area contributed by atoms with Gasteiger partial charge in [-0.05, 0) is 39.0 Å². The molecular weight excluding hydrogens is 629 g/mol. The van der Waals surface area contributed by atoms with Crippen LogP contribution in [-0.4, -0.2) is 23.1 Å². The molecule has 0 N–H and O–H groups in total. The Kier molecular flexibility index (Phi) is 23.9. The predicted molar refractivity (Wildman–Crippen MR) is 215 cm³/mol. The summed E-state index contributed by atoms with van der Waals surface area (Å²) in [6, 6.07) is 38.0. The van der Waals surface area contributed by atoms with Crippen LogP contribution >= 0.6 is 0 Å². The summed E-state index contributed by atoms with van der Waals surface area (Å²) < 4.78 is 0. The number of hydrogen-bond acceptors (Lipinski definition) is 4. The fourth-order valence-electron chi connectivity index (χ4n) is 5.77. The van der Waals surface area contributed by atoms with Crippen LogP contribution in [-0.2, 0) is 0 Å². The zero-order chi connectivity index (χ0) is 37.9. The van der Waals surface area contributed by atoms with E-state index >= 15 is 0 Å². The molecule has 0 saturated carbocycles. The molecule has 0 bridgehead atoms. The highest BCUT2D eigenvalue weighted by atomic mass is 16.1. The summed E-state index contributed by atoms with van der Waals surface area (Å²) in [5, 5.41) is 0. The quantitative estimate of drug-likeness (QED) is 0.110. The smallest absolute Gasteiger partial charge is 0.165 e. The first-order valence-corrected chi connectivity index (χ1v) is 19.0. The molecule has 4 rings (SSSR count). The fraction of sp³-hybridized carbons (Fsp3) is 0.404. The Morgan fingerprint density at radius 3 is 1.00 bits per heavy atom. The largest absolute Gasteiger partial charge is 0.295 e. The van der Waals surface area contributed by atoms with E-state index in [0.29, 0.717) is 11.6 Å². The van der Waals surface area contributed by atoms with Crippen LogP contribution in [0.5, 0.6) is 0 Å². The summed E-state index contributed by atoms with van der Waals surface area (Å²) in [4.78, 5) is 46.5. The monoisotopic (exact) mass is 690 g/mol. The predicted octanol–water partition coefficient (Wildman–Crippen LogP) is 13.0. The number of carbonyl (C=O) groups excluding carboxylic acids is 4. The average Bonchev–Trinajstić information content (AvgIpc) is 3.18. The third-order valence-corrected chi connectivity index (χ3v) is 8.67. The maximum Gasteiger partial charge on any atom is 0.165 e. The van der Waals surface area contributed by atoms with Gasteiger partial charge < -0.3 is 0 Å². The highest BCUT2D eigenvalue weighted by molar-refractivity contribution is 5.98. The standard InChI is InChI=1S/C14H20O.C13H18O.C12H16O.C8H8O/c1-3-8-12(9-4-2)14(15)13-10-6-5-7-11-13;1-3-8-11(4-2)13(14)12-9-6-5-7-10-12;1-3-7-10(2)12(13)11-8-5-4-6-9-11;1-7(9)8-5-3-2-4-6-8/h5-7,10-12H,3-4,8-9H2,1-2H3;5-7,9-11H,3-4,8H2,1-2H3;4-6,8-10H,3,7H2,1-2H3;2-6H,1H3. The first kappa shape index (κ1) is 44.6. The van der Waals surface area contributed by atoms with Crippen molar-refractivity contribution in [2.45, 2.75) is 106 Å². The fourth-order valence-corrected chi connectivity index (χ4v) is 5.77. The molecule has 0 spiro atoms. The molecule has 2 unspecified atom stereocenters. The number of carbonyl (C=O) groups is 4. The Labute approximate surface area is 309 Å². The summed E-state index contributed by atoms with van der Waals surface area (Å²) in [7, 11) is 0. The Hall–Kier alpha value is -4.44. The summed E-state index contributed by atoms with van der Waals surface area (Å²) in [6.07, 6.45) is 9.28. The molecule has 0 aliphatic rings. The topological polar surface area (TPSA) is 68.3 Å². The lowest BCUT2D eigenvalue weighted by molar-refractivity contribution is 0.0899. The SMILES string of the molecule is CC(=O)c1ccccc1.CCCC(C)C(=O)c1ccccc1.CCCC(CC)C(=O)c1ccccc1.CCCC(CCC)C(=O)c1ccccc1. The molecular formula is C47H62O4. The van der Waals surface area contributed by atoms with E-state index < -0.39 is 0 Å². The minimum absolute atomic E-state index is 0.121. The minimum atomic E-state index is 0.121. The van der Waals surface area contributed by atoms with Gasteiger partial charge in [-0.2, -0.15) is 0 Å². The van der Waals surface area contributed by atoms with Crippen molar-refractivity contribution in [2.24, 2.45) is 17.8 Å². The lowest BCUT2D eigenvalue weighted by Gasteiger charge is -2.13. The third-order valence-electron chi connectivity index (χ3n) is 8.67. The summed E-state index contributed by atoms with van der Waals surface area (Å²) in [5.41, 5.74) is 3.33. The lowest BCUT2D eigenvalue weighted by atomic mass is 9.90. The zero-order valence-corrected chi connectivity index (χ0v) is 32.3. The second kappa shape index (κ2) is 27.3. The van der Waals surface area contributed by atoms with Gasteiger partial charge in [-0.15, -0.1) is 0 Å². The molecule has 0 aliphatic carbocycles. The van der Waals surface area contributed by atoms with E-state index in [2.05, 4.69) is 34.6 Å². The second-order valence-electron chi connectivity index (χ2n) is 13.0. The van der Waals surface area contributed by atoms with Gasteiger partial charge in [0.15, 0.2) is 23.1 Å². The molecule has 0 fully saturated rings. The van der Waals surface area contributed by atoms with E-state index in [-0.39, 0.29) is 29.3 Å². The normalized spacial score (nSPS) is 11.3. The Balaban J connectivity index is 0.000000345. The van der Waals surface area contributed by atoms with Crippen molar-refractivity contribution >= 4 is 23.1 Å². The van der Waals surface area contributed by atoms with Gasteiger partial charge >= 0.3 is 0 Å². The maximum atomic E-state index is 12.1. The number of ketones is 4. The van der Waals surface area contributed by atoms with Crippen LogP contribution in [0.3, 0.4) is 0 Å². The third kappa shape index (κ3) is 17.9. The first-order valence-electron chi connectivity index (χ1n) is 19.0. The highest BCUT2D eigenvalue weighted by Crippen LogP contribution is 2.20. The van der Waals surface area contributed by atoms with Crippen molar-refractivity contribution in [3.8, 4) is 0 Å². The number of benzene rings is 4. The molecule has 4 heteroatoms. The number of Topliss-reactive ketones (excluding diaryl/α,β-unsaturated/α-hetero) is 4. The highest BCUT2D eigenvalue weighted by Gasteiger charge is 2.18. The molecule has 51 heavy (non-hydrogen) atoms. The van der Waals surface area contributed by atoms with E-state index in [1.807, 2.05) is 128 Å². The van der Waals surface area contributed by atoms with Crippen LogP contribution in [0.2, 0.25) is 0 Å².